The first-order valence-corrected chi connectivity index (χ1v) is 9.46. The van der Waals surface area contributed by atoms with Crippen molar-refractivity contribution in [1.29, 1.82) is 0 Å². The molecule has 6 rings (SSSR count). The third kappa shape index (κ3) is 2.57. The van der Waals surface area contributed by atoms with E-state index >= 15 is 0 Å². The Kier molecular flexibility index (Phi) is 3.43. The molecule has 6 nitrogen and oxygen atoms in total. The van der Waals surface area contributed by atoms with Gasteiger partial charge in [-0.25, -0.2) is 4.98 Å². The van der Waals surface area contributed by atoms with Gasteiger partial charge in [-0.15, -0.1) is 0 Å². The Hall–Kier alpha value is -4.06. The Bertz CT molecular complexity index is 1420. The molecule has 0 unspecified atom stereocenters. The zero-order valence-corrected chi connectivity index (χ0v) is 15.4. The first-order valence-electron chi connectivity index (χ1n) is 9.46. The van der Waals surface area contributed by atoms with Crippen LogP contribution in [0, 0.1) is 0 Å². The van der Waals surface area contributed by atoms with Crippen molar-refractivity contribution in [2.45, 2.75) is 6.42 Å². The van der Waals surface area contributed by atoms with Gasteiger partial charge in [0.1, 0.15) is 11.3 Å². The molecule has 5 aromatic heterocycles. The minimum absolute atomic E-state index is 0.854. The van der Waals surface area contributed by atoms with Crippen LogP contribution in [0.15, 0.2) is 73.3 Å². The molecule has 5 aromatic rings. The number of aromatic amines is 2. The number of H-pyrrole nitrogens is 2. The molecule has 2 N–H and O–H groups in total. The zero-order valence-electron chi connectivity index (χ0n) is 15.4. The predicted molar refractivity (Wildman–Crippen MR) is 114 cm³/mol. The van der Waals surface area contributed by atoms with Crippen molar-refractivity contribution in [3.05, 3.63) is 78.9 Å². The molecule has 0 spiro atoms. The van der Waals surface area contributed by atoms with Crippen LogP contribution < -0.4 is 0 Å². The lowest BCUT2D eigenvalue weighted by atomic mass is 10.0. The van der Waals surface area contributed by atoms with Crippen molar-refractivity contribution in [2.24, 2.45) is 0 Å². The van der Waals surface area contributed by atoms with E-state index in [1.165, 1.54) is 11.1 Å². The fraction of sp³-hybridized carbons (Fsp3) is 0.0435. The number of rotatable bonds is 3. The molecule has 138 valence electrons. The van der Waals surface area contributed by atoms with Crippen LogP contribution in [0.4, 0.5) is 0 Å². The minimum atomic E-state index is 0.854. The molecule has 0 atom stereocenters. The van der Waals surface area contributed by atoms with E-state index < -0.39 is 0 Å². The van der Waals surface area contributed by atoms with Gasteiger partial charge in [0.2, 0.25) is 0 Å². The molecule has 0 radical (unpaired) electrons. The summed E-state index contributed by atoms with van der Waals surface area (Å²) in [6.07, 6.45) is 14.8. The normalized spacial score (nSPS) is 13.4. The van der Waals surface area contributed by atoms with E-state index in [1.807, 2.05) is 36.8 Å². The third-order valence-electron chi connectivity index (χ3n) is 5.27. The Morgan fingerprint density at radius 1 is 0.966 bits per heavy atom. The molecule has 0 bridgehead atoms. The first kappa shape index (κ1) is 15.9. The summed E-state index contributed by atoms with van der Waals surface area (Å²) in [4.78, 5) is 16.7. The van der Waals surface area contributed by atoms with Gasteiger partial charge in [-0.05, 0) is 47.9 Å². The van der Waals surface area contributed by atoms with E-state index in [2.05, 4.69) is 60.5 Å². The summed E-state index contributed by atoms with van der Waals surface area (Å²) in [6, 6.07) is 10.2. The van der Waals surface area contributed by atoms with Gasteiger partial charge in [-0.3, -0.25) is 15.1 Å². The second-order valence-corrected chi connectivity index (χ2v) is 7.03. The molecule has 0 aliphatic heterocycles. The summed E-state index contributed by atoms with van der Waals surface area (Å²) < 4.78 is 0. The lowest BCUT2D eigenvalue weighted by Gasteiger charge is -2.01. The number of fused-ring (bicyclic) bond motifs is 2. The largest absolute Gasteiger partial charge is 0.338 e. The van der Waals surface area contributed by atoms with Gasteiger partial charge >= 0.3 is 0 Å². The fourth-order valence-electron chi connectivity index (χ4n) is 3.86. The van der Waals surface area contributed by atoms with Gasteiger partial charge in [0.15, 0.2) is 0 Å². The number of hydrogen-bond donors (Lipinski definition) is 2. The van der Waals surface area contributed by atoms with E-state index in [9.17, 15) is 0 Å². The molecule has 0 saturated carbocycles. The van der Waals surface area contributed by atoms with E-state index in [1.54, 1.807) is 6.20 Å². The Balaban J connectivity index is 1.52. The summed E-state index contributed by atoms with van der Waals surface area (Å²) in [5, 5.41) is 9.74. The van der Waals surface area contributed by atoms with Crippen LogP contribution in [-0.4, -0.2) is 30.1 Å². The highest BCUT2D eigenvalue weighted by Gasteiger charge is 2.16. The zero-order chi connectivity index (χ0) is 19.2. The predicted octanol–water partition coefficient (Wildman–Crippen LogP) is 4.91. The second kappa shape index (κ2) is 6.24. The Morgan fingerprint density at radius 2 is 1.97 bits per heavy atom. The van der Waals surface area contributed by atoms with Crippen molar-refractivity contribution < 1.29 is 0 Å². The smallest absolute Gasteiger partial charge is 0.138 e. The van der Waals surface area contributed by atoms with Crippen LogP contribution in [0.3, 0.4) is 0 Å². The molecule has 6 heteroatoms. The number of aromatic nitrogens is 6. The van der Waals surface area contributed by atoms with Crippen LogP contribution in [0.5, 0.6) is 0 Å². The first-order chi connectivity index (χ1) is 14.4. The highest BCUT2D eigenvalue weighted by molar-refractivity contribution is 6.00. The maximum absolute atomic E-state index is 4.55. The van der Waals surface area contributed by atoms with E-state index in [0.717, 1.165) is 51.0 Å². The summed E-state index contributed by atoms with van der Waals surface area (Å²) in [6.45, 7) is 0. The molecule has 0 amide bonds. The second-order valence-electron chi connectivity index (χ2n) is 7.03. The molecule has 29 heavy (non-hydrogen) atoms. The summed E-state index contributed by atoms with van der Waals surface area (Å²) >= 11 is 0. The van der Waals surface area contributed by atoms with Gasteiger partial charge in [0.25, 0.3) is 0 Å². The molecular weight excluding hydrogens is 360 g/mol. The number of allylic oxidation sites excluding steroid dienone is 4. The van der Waals surface area contributed by atoms with E-state index in [-0.39, 0.29) is 0 Å². The highest BCUT2D eigenvalue weighted by atomic mass is 15.1. The summed E-state index contributed by atoms with van der Waals surface area (Å²) in [7, 11) is 0. The Morgan fingerprint density at radius 3 is 2.83 bits per heavy atom. The van der Waals surface area contributed by atoms with Gasteiger partial charge < -0.3 is 4.98 Å². The van der Waals surface area contributed by atoms with E-state index in [0.29, 0.717) is 0 Å². The van der Waals surface area contributed by atoms with Crippen molar-refractivity contribution in [3.8, 4) is 22.6 Å². The van der Waals surface area contributed by atoms with Crippen molar-refractivity contribution >= 4 is 27.5 Å². The topological polar surface area (TPSA) is 83.1 Å². The van der Waals surface area contributed by atoms with Crippen LogP contribution in [0.1, 0.15) is 12.0 Å². The van der Waals surface area contributed by atoms with Gasteiger partial charge in [0.05, 0.1) is 23.1 Å². The maximum atomic E-state index is 4.55. The molecule has 0 saturated heterocycles. The highest BCUT2D eigenvalue weighted by Crippen LogP contribution is 2.33. The molecule has 0 aromatic carbocycles. The fourth-order valence-corrected chi connectivity index (χ4v) is 3.86. The lowest BCUT2D eigenvalue weighted by Crippen LogP contribution is -1.85. The number of pyridine rings is 3. The van der Waals surface area contributed by atoms with Crippen LogP contribution in [0.2, 0.25) is 0 Å². The summed E-state index contributed by atoms with van der Waals surface area (Å²) in [5.41, 5.74) is 7.79. The van der Waals surface area contributed by atoms with Gasteiger partial charge in [0, 0.05) is 34.9 Å². The quantitative estimate of drug-likeness (QED) is 0.469. The average Bonchev–Trinajstić information content (AvgIpc) is 3.52. The monoisotopic (exact) mass is 376 g/mol. The van der Waals surface area contributed by atoms with Crippen molar-refractivity contribution in [3.63, 3.8) is 0 Å². The Labute approximate surface area is 166 Å². The minimum Gasteiger partial charge on any atom is -0.338 e. The molecule has 0 fully saturated rings. The summed E-state index contributed by atoms with van der Waals surface area (Å²) in [5.74, 6) is 0. The van der Waals surface area contributed by atoms with Crippen LogP contribution in [-0.2, 0) is 0 Å². The van der Waals surface area contributed by atoms with Gasteiger partial charge in [-0.1, -0.05) is 18.2 Å². The molecule has 1 aliphatic rings. The van der Waals surface area contributed by atoms with Crippen LogP contribution in [0.25, 0.3) is 50.2 Å². The number of nitrogens with zero attached hydrogens (tertiary/aromatic N) is 4. The van der Waals surface area contributed by atoms with Crippen molar-refractivity contribution in [2.75, 3.05) is 0 Å². The molecular formula is C23H16N6. The SMILES string of the molecule is C1=CC(c2ccnc3[nH]c(-c4n[nH]c5cnc(-c6cccnc6)cc45)cc23)=CC1. The van der Waals surface area contributed by atoms with Crippen molar-refractivity contribution in [1.82, 2.24) is 30.1 Å². The third-order valence-corrected chi connectivity index (χ3v) is 5.27. The average molecular weight is 376 g/mol. The standard InChI is InChI=1S/C23H16N6/c1-2-5-14(4-1)16-7-9-25-23-17(16)10-20(27-23)22-18-11-19(15-6-3-8-24-12-15)26-13-21(18)28-29-22/h1,3-13H,2H2,(H,25,27)(H,28,29). The molecule has 5 heterocycles. The van der Waals surface area contributed by atoms with E-state index in [4.69, 9.17) is 0 Å². The lowest BCUT2D eigenvalue weighted by molar-refractivity contribution is 1.11. The van der Waals surface area contributed by atoms with Crippen LogP contribution >= 0.6 is 0 Å². The number of nitrogens with one attached hydrogen (secondary N) is 2. The maximum Gasteiger partial charge on any atom is 0.138 e. The molecule has 1 aliphatic carbocycles. The number of hydrogen-bond acceptors (Lipinski definition) is 4. The van der Waals surface area contributed by atoms with Gasteiger partial charge in [-0.2, -0.15) is 5.10 Å².